The number of ketones is 1. The molecule has 7 heteroatoms. The monoisotopic (exact) mass is 327 g/mol. The fourth-order valence-electron chi connectivity index (χ4n) is 2.64. The highest BCUT2D eigenvalue weighted by atomic mass is 16.2. The van der Waals surface area contributed by atoms with E-state index in [1.165, 1.54) is 0 Å². The van der Waals surface area contributed by atoms with E-state index in [-0.39, 0.29) is 11.8 Å². The molecule has 1 aromatic heterocycles. The number of urea groups is 1. The van der Waals surface area contributed by atoms with Crippen LogP contribution in [0.3, 0.4) is 0 Å². The van der Waals surface area contributed by atoms with Crippen LogP contribution in [0, 0.1) is 6.92 Å². The fraction of sp³-hybridized carbons (Fsp3) is 0.412. The molecule has 3 rings (SSSR count). The molecule has 0 radical (unpaired) electrons. The van der Waals surface area contributed by atoms with E-state index in [9.17, 15) is 9.59 Å². The quantitative estimate of drug-likeness (QED) is 0.780. The minimum absolute atomic E-state index is 0.0287. The minimum Gasteiger partial charge on any atom is -0.336 e. The van der Waals surface area contributed by atoms with Crippen LogP contribution in [-0.4, -0.2) is 51.3 Å². The molecule has 2 amide bonds. The van der Waals surface area contributed by atoms with Crippen molar-refractivity contribution in [1.29, 1.82) is 0 Å². The Morgan fingerprint density at radius 1 is 1.25 bits per heavy atom. The lowest BCUT2D eigenvalue weighted by molar-refractivity contribution is 0.0982. The zero-order chi connectivity index (χ0) is 16.9. The molecule has 1 saturated heterocycles. The number of benzene rings is 1. The van der Waals surface area contributed by atoms with Crippen LogP contribution in [0.4, 0.5) is 4.79 Å². The summed E-state index contributed by atoms with van der Waals surface area (Å²) in [6, 6.07) is 7.57. The van der Waals surface area contributed by atoms with Gasteiger partial charge < -0.3 is 10.2 Å². The predicted octanol–water partition coefficient (Wildman–Crippen LogP) is 1.43. The summed E-state index contributed by atoms with van der Waals surface area (Å²) in [5, 5.41) is 10.9. The van der Waals surface area contributed by atoms with Gasteiger partial charge in [0.25, 0.3) is 0 Å². The number of hydrogen-bond acceptors (Lipinski definition) is 4. The molecule has 0 aliphatic carbocycles. The molecule has 1 aliphatic rings. The predicted molar refractivity (Wildman–Crippen MR) is 88.8 cm³/mol. The van der Waals surface area contributed by atoms with E-state index in [4.69, 9.17) is 0 Å². The molecule has 0 saturated carbocycles. The van der Waals surface area contributed by atoms with E-state index in [2.05, 4.69) is 15.6 Å². The smallest absolute Gasteiger partial charge is 0.317 e. The average molecular weight is 327 g/mol. The van der Waals surface area contributed by atoms with Gasteiger partial charge in [-0.1, -0.05) is 35.0 Å². The summed E-state index contributed by atoms with van der Waals surface area (Å²) < 4.78 is 1.72. The molecular formula is C17H21N5O2. The fourth-order valence-corrected chi connectivity index (χ4v) is 2.64. The molecule has 2 aromatic rings. The molecule has 1 N–H and O–H groups in total. The Morgan fingerprint density at radius 3 is 2.75 bits per heavy atom. The topological polar surface area (TPSA) is 80.1 Å². The van der Waals surface area contributed by atoms with Crippen molar-refractivity contribution in [2.45, 2.75) is 26.3 Å². The third-order valence-electron chi connectivity index (χ3n) is 4.11. The summed E-state index contributed by atoms with van der Waals surface area (Å²) in [5.74, 6) is 0.110. The van der Waals surface area contributed by atoms with Gasteiger partial charge in [0, 0.05) is 44.2 Å². The summed E-state index contributed by atoms with van der Waals surface area (Å²) in [4.78, 5) is 25.4. The summed E-state index contributed by atoms with van der Waals surface area (Å²) in [6.45, 7) is 4.63. The number of nitrogens with one attached hydrogen (secondary N) is 1. The van der Waals surface area contributed by atoms with Crippen molar-refractivity contribution < 1.29 is 9.59 Å². The second kappa shape index (κ2) is 7.25. The molecule has 7 nitrogen and oxygen atoms in total. The van der Waals surface area contributed by atoms with Crippen LogP contribution in [0.1, 0.15) is 28.0 Å². The van der Waals surface area contributed by atoms with Crippen molar-refractivity contribution in [2.75, 3.05) is 19.6 Å². The van der Waals surface area contributed by atoms with Crippen LogP contribution < -0.4 is 5.32 Å². The summed E-state index contributed by atoms with van der Waals surface area (Å²) in [7, 11) is 0. The van der Waals surface area contributed by atoms with Crippen LogP contribution in [0.2, 0.25) is 0 Å². The Kier molecular flexibility index (Phi) is 4.88. The number of carbonyl (C=O) groups excluding carboxylic acids is 2. The number of Topliss-reactive ketones (excluding diaryl/α,β-unsaturated/α-hetero) is 1. The Morgan fingerprint density at radius 2 is 2.04 bits per heavy atom. The molecular weight excluding hydrogens is 306 g/mol. The lowest BCUT2D eigenvalue weighted by Crippen LogP contribution is -2.31. The highest BCUT2D eigenvalue weighted by Crippen LogP contribution is 2.09. The molecule has 1 fully saturated rings. The lowest BCUT2D eigenvalue weighted by atomic mass is 10.0. The Hall–Kier alpha value is -2.70. The van der Waals surface area contributed by atoms with Crippen LogP contribution in [0.15, 0.2) is 30.5 Å². The van der Waals surface area contributed by atoms with Crippen LogP contribution in [0.5, 0.6) is 0 Å². The second-order valence-corrected chi connectivity index (χ2v) is 5.98. The van der Waals surface area contributed by atoms with Crippen molar-refractivity contribution in [2.24, 2.45) is 0 Å². The molecule has 0 bridgehead atoms. The van der Waals surface area contributed by atoms with Gasteiger partial charge in [0.05, 0.1) is 12.2 Å². The van der Waals surface area contributed by atoms with Gasteiger partial charge in [-0.05, 0) is 6.92 Å². The second-order valence-electron chi connectivity index (χ2n) is 5.98. The van der Waals surface area contributed by atoms with Gasteiger partial charge in [0.1, 0.15) is 0 Å². The number of rotatable bonds is 7. The molecule has 24 heavy (non-hydrogen) atoms. The van der Waals surface area contributed by atoms with Gasteiger partial charge >= 0.3 is 6.03 Å². The molecule has 0 atom stereocenters. The zero-order valence-electron chi connectivity index (χ0n) is 13.7. The largest absolute Gasteiger partial charge is 0.336 e. The number of carbonyl (C=O) groups is 2. The van der Waals surface area contributed by atoms with Crippen molar-refractivity contribution in [3.05, 3.63) is 47.3 Å². The number of aryl methyl sites for hydroxylation is 2. The van der Waals surface area contributed by atoms with Crippen molar-refractivity contribution in [3.8, 4) is 0 Å². The van der Waals surface area contributed by atoms with Crippen LogP contribution in [-0.2, 0) is 13.0 Å². The van der Waals surface area contributed by atoms with E-state index >= 15 is 0 Å². The Balaban J connectivity index is 1.48. The van der Waals surface area contributed by atoms with Crippen LogP contribution in [0.25, 0.3) is 0 Å². The van der Waals surface area contributed by atoms with E-state index in [1.807, 2.05) is 37.4 Å². The number of hydrogen-bond donors (Lipinski definition) is 1. The first-order chi connectivity index (χ1) is 11.6. The third kappa shape index (κ3) is 3.98. The SMILES string of the molecule is Cc1ccc(C(=O)CCc2cn(CCN3CCNC3=O)nn2)cc1. The maximum atomic E-state index is 12.2. The molecule has 0 unspecified atom stereocenters. The maximum absolute atomic E-state index is 12.2. The van der Waals surface area contributed by atoms with Gasteiger partial charge in [0.2, 0.25) is 0 Å². The number of aromatic nitrogens is 3. The summed E-state index contributed by atoms with van der Waals surface area (Å²) in [5.41, 5.74) is 2.66. The number of amides is 2. The van der Waals surface area contributed by atoms with Gasteiger partial charge in [-0.3, -0.25) is 9.48 Å². The lowest BCUT2D eigenvalue weighted by Gasteiger charge is -2.12. The summed E-state index contributed by atoms with van der Waals surface area (Å²) >= 11 is 0. The van der Waals surface area contributed by atoms with Gasteiger partial charge in [-0.25, -0.2) is 4.79 Å². The molecule has 126 valence electrons. The summed E-state index contributed by atoms with van der Waals surface area (Å²) in [6.07, 6.45) is 2.82. The van der Waals surface area contributed by atoms with E-state index in [0.717, 1.165) is 23.4 Å². The van der Waals surface area contributed by atoms with Gasteiger partial charge in [-0.2, -0.15) is 0 Å². The first-order valence-corrected chi connectivity index (χ1v) is 8.13. The van der Waals surface area contributed by atoms with Crippen molar-refractivity contribution in [3.63, 3.8) is 0 Å². The van der Waals surface area contributed by atoms with Crippen LogP contribution >= 0.6 is 0 Å². The first kappa shape index (κ1) is 16.2. The molecule has 0 spiro atoms. The van der Waals surface area contributed by atoms with E-state index < -0.39 is 0 Å². The number of nitrogens with zero attached hydrogens (tertiary/aromatic N) is 4. The first-order valence-electron chi connectivity index (χ1n) is 8.13. The molecule has 1 aromatic carbocycles. The van der Waals surface area contributed by atoms with E-state index in [1.54, 1.807) is 9.58 Å². The minimum atomic E-state index is -0.0287. The van der Waals surface area contributed by atoms with Gasteiger partial charge in [-0.15, -0.1) is 5.10 Å². The van der Waals surface area contributed by atoms with Crippen molar-refractivity contribution >= 4 is 11.8 Å². The molecule has 2 heterocycles. The maximum Gasteiger partial charge on any atom is 0.317 e. The highest BCUT2D eigenvalue weighted by Gasteiger charge is 2.18. The van der Waals surface area contributed by atoms with Gasteiger partial charge in [0.15, 0.2) is 5.78 Å². The Labute approximate surface area is 140 Å². The Bertz CT molecular complexity index is 723. The normalized spacial score (nSPS) is 14.0. The third-order valence-corrected chi connectivity index (χ3v) is 4.11. The zero-order valence-corrected chi connectivity index (χ0v) is 13.7. The standard InChI is InChI=1S/C17H21N5O2/c1-13-2-4-14(5-3-13)16(23)7-6-15-12-22(20-19-15)11-10-21-9-8-18-17(21)24/h2-5,12H,6-11H2,1H3,(H,18,24). The van der Waals surface area contributed by atoms with Crippen molar-refractivity contribution in [1.82, 2.24) is 25.2 Å². The average Bonchev–Trinajstić information content (AvgIpc) is 3.20. The van der Waals surface area contributed by atoms with E-state index in [0.29, 0.717) is 32.5 Å². The molecule has 1 aliphatic heterocycles. The highest BCUT2D eigenvalue weighted by molar-refractivity contribution is 5.96.